The highest BCUT2D eigenvalue weighted by Crippen LogP contribution is 1.75. The lowest BCUT2D eigenvalue weighted by Crippen LogP contribution is -2.80. The molecule has 0 aromatic carbocycles. The Kier molecular flexibility index (Phi) is 4.19. The van der Waals surface area contributed by atoms with Crippen molar-refractivity contribution in [2.75, 3.05) is 0 Å². The topological polar surface area (TPSA) is 29.0 Å². The summed E-state index contributed by atoms with van der Waals surface area (Å²) < 4.78 is 4.47. The number of rotatable bonds is 0. The molecule has 0 heterocycles. The molecule has 0 radical (unpaired) electrons. The molecule has 2 N–H and O–H groups in total. The lowest BCUT2D eigenvalue weighted by Gasteiger charge is -1.90. The predicted molar refractivity (Wildman–Crippen MR) is 31.6 cm³/mol. The molecule has 5 heteroatoms. The summed E-state index contributed by atoms with van der Waals surface area (Å²) >= 11 is 13.0. The molecule has 0 spiro atoms. The van der Waals surface area contributed by atoms with E-state index in [1.54, 1.807) is 0 Å². The molecule has 0 atom stereocenters. The van der Waals surface area contributed by atoms with Crippen molar-refractivity contribution in [2.45, 2.75) is 0 Å². The Morgan fingerprint density at radius 2 is 2.50 bits per heavy atom. The van der Waals surface area contributed by atoms with Crippen LogP contribution in [0.3, 0.4) is 0 Å². The number of hydrogen-bond donors (Lipinski definition) is 2. The van der Waals surface area contributed by atoms with Crippen molar-refractivity contribution < 1.29 is 4.72 Å². The van der Waals surface area contributed by atoms with Crippen LogP contribution >= 0.6 is 24.4 Å². The molecule has 36 valence electrons. The summed E-state index contributed by atoms with van der Waals surface area (Å²) in [6.07, 6.45) is 0. The second-order valence-electron chi connectivity index (χ2n) is 0.541. The standard InChI is InChI=1S/CH3ClN2S2/c2-1(3-5)4-6/h6H,3H2/b4-1+. The van der Waals surface area contributed by atoms with Gasteiger partial charge in [-0.2, -0.15) is 4.40 Å². The largest absolute Gasteiger partial charge is 0.489 e. The summed E-state index contributed by atoms with van der Waals surface area (Å²) in [4.78, 5) is 0. The predicted octanol–water partition coefficient (Wildman–Crippen LogP) is -0.549. The van der Waals surface area contributed by atoms with E-state index in [0.29, 0.717) is 0 Å². The fourth-order valence-corrected chi connectivity index (χ4v) is 0.212. The zero-order valence-electron chi connectivity index (χ0n) is 2.76. The van der Waals surface area contributed by atoms with Crippen molar-refractivity contribution in [3.05, 3.63) is 0 Å². The minimum absolute atomic E-state index is 0.244. The number of quaternary nitrogens is 1. The van der Waals surface area contributed by atoms with Crippen LogP contribution in [0.25, 0.3) is 0 Å². The second-order valence-corrected chi connectivity index (χ2v) is 1.36. The Labute approximate surface area is 52.1 Å². The van der Waals surface area contributed by atoms with Gasteiger partial charge in [-0.15, -0.1) is 0 Å². The van der Waals surface area contributed by atoms with Gasteiger partial charge in [0.05, 0.1) is 0 Å². The van der Waals surface area contributed by atoms with E-state index in [0.717, 1.165) is 0 Å². The minimum Gasteiger partial charge on any atom is -0.489 e. The minimum atomic E-state index is 0.244. The van der Waals surface area contributed by atoms with Gasteiger partial charge in [-0.25, -0.2) is 0 Å². The molecule has 0 bridgehead atoms. The summed E-state index contributed by atoms with van der Waals surface area (Å²) in [5.74, 6) is 0. The monoisotopic (exact) mass is 142 g/mol. The molecule has 0 aliphatic rings. The third-order valence-corrected chi connectivity index (χ3v) is 1.07. The Bertz CT molecular complexity index is 62.6. The molecular weight excluding hydrogens is 140 g/mol. The van der Waals surface area contributed by atoms with Gasteiger partial charge in [-0.05, 0) is 24.4 Å². The van der Waals surface area contributed by atoms with Gasteiger partial charge in [0, 0.05) is 0 Å². The maximum absolute atomic E-state index is 5.16. The van der Waals surface area contributed by atoms with E-state index in [9.17, 15) is 0 Å². The van der Waals surface area contributed by atoms with Crippen LogP contribution in [0, 0.1) is 0 Å². The van der Waals surface area contributed by atoms with Crippen molar-refractivity contribution in [3.8, 4) is 0 Å². The van der Waals surface area contributed by atoms with Gasteiger partial charge in [0.25, 0.3) is 5.29 Å². The van der Waals surface area contributed by atoms with Crippen LogP contribution in [-0.4, -0.2) is 5.29 Å². The first kappa shape index (κ1) is 6.62. The van der Waals surface area contributed by atoms with E-state index in [4.69, 9.17) is 11.6 Å². The second kappa shape index (κ2) is 3.80. The summed E-state index contributed by atoms with van der Waals surface area (Å²) in [6, 6.07) is 0. The zero-order chi connectivity index (χ0) is 4.99. The average molecular weight is 143 g/mol. The molecule has 0 saturated carbocycles. The molecule has 0 unspecified atom stereocenters. The average Bonchev–Trinajstić information content (AvgIpc) is 1.65. The van der Waals surface area contributed by atoms with Gasteiger partial charge in [-0.1, -0.05) is 0 Å². The highest BCUT2D eigenvalue weighted by Gasteiger charge is 1.78. The summed E-state index contributed by atoms with van der Waals surface area (Å²) in [7, 11) is 0. The smallest absolute Gasteiger partial charge is 0.285 e. The van der Waals surface area contributed by atoms with Crippen LogP contribution in [-0.2, 0) is 12.8 Å². The van der Waals surface area contributed by atoms with E-state index >= 15 is 0 Å². The van der Waals surface area contributed by atoms with Gasteiger partial charge in [0.2, 0.25) is 0 Å². The lowest BCUT2D eigenvalue weighted by molar-refractivity contribution is -0.330. The quantitative estimate of drug-likeness (QED) is 0.154. The Morgan fingerprint density at radius 1 is 2.00 bits per heavy atom. The number of nitrogens with zero attached hydrogens (tertiary/aromatic N) is 1. The van der Waals surface area contributed by atoms with Gasteiger partial charge < -0.3 is 17.5 Å². The SMILES string of the molecule is [S-][NH2+]/C(Cl)=N/S. The fraction of sp³-hybridized carbons (Fsp3) is 0. The van der Waals surface area contributed by atoms with E-state index in [1.807, 2.05) is 0 Å². The van der Waals surface area contributed by atoms with Gasteiger partial charge in [0.1, 0.15) is 0 Å². The van der Waals surface area contributed by atoms with Crippen LogP contribution in [0.15, 0.2) is 4.40 Å². The summed E-state index contributed by atoms with van der Waals surface area (Å²) in [5, 5.41) is 0.244. The number of thiol groups is 1. The molecule has 2 nitrogen and oxygen atoms in total. The first-order chi connectivity index (χ1) is 2.81. The highest BCUT2D eigenvalue weighted by atomic mass is 35.5. The van der Waals surface area contributed by atoms with Crippen LogP contribution in [0.5, 0.6) is 0 Å². The van der Waals surface area contributed by atoms with E-state index < -0.39 is 0 Å². The van der Waals surface area contributed by atoms with E-state index in [1.165, 1.54) is 4.72 Å². The van der Waals surface area contributed by atoms with E-state index in [2.05, 4.69) is 30.0 Å². The number of halogens is 1. The highest BCUT2D eigenvalue weighted by molar-refractivity contribution is 7.79. The summed E-state index contributed by atoms with van der Waals surface area (Å²) in [5.41, 5.74) is 0. The van der Waals surface area contributed by atoms with E-state index in [-0.39, 0.29) is 5.29 Å². The Hall–Kier alpha value is 0.620. The van der Waals surface area contributed by atoms with Crippen LogP contribution < -0.4 is 4.72 Å². The molecule has 0 aliphatic carbocycles. The number of hydrogen-bond acceptors (Lipinski definition) is 3. The maximum atomic E-state index is 5.16. The van der Waals surface area contributed by atoms with Crippen LogP contribution in [0.4, 0.5) is 0 Å². The Morgan fingerprint density at radius 3 is 2.50 bits per heavy atom. The first-order valence-electron chi connectivity index (χ1n) is 1.14. The lowest BCUT2D eigenvalue weighted by atomic mass is 11.4. The molecule has 0 aromatic rings. The van der Waals surface area contributed by atoms with Crippen molar-refractivity contribution in [1.29, 1.82) is 0 Å². The van der Waals surface area contributed by atoms with Crippen molar-refractivity contribution in [3.63, 3.8) is 0 Å². The number of nitrogens with two attached hydrogens (primary N) is 1. The van der Waals surface area contributed by atoms with Gasteiger partial charge in [0.15, 0.2) is 0 Å². The third-order valence-electron chi connectivity index (χ3n) is 0.193. The molecule has 0 fully saturated rings. The van der Waals surface area contributed by atoms with Crippen molar-refractivity contribution in [2.24, 2.45) is 4.40 Å². The third kappa shape index (κ3) is 2.84. The fourth-order valence-electron chi connectivity index (χ4n) is 0.0236. The molecule has 0 aliphatic heterocycles. The molecule has 6 heavy (non-hydrogen) atoms. The first-order valence-corrected chi connectivity index (χ1v) is 2.39. The molecular formula is CH3ClN2S2. The van der Waals surface area contributed by atoms with Crippen LogP contribution in [0.1, 0.15) is 0 Å². The number of amidine groups is 1. The molecule has 0 rings (SSSR count). The van der Waals surface area contributed by atoms with Crippen LogP contribution in [0.2, 0.25) is 0 Å². The normalized spacial score (nSPS) is 12.2. The molecule has 0 aromatic heterocycles. The van der Waals surface area contributed by atoms with Gasteiger partial charge in [-0.3, -0.25) is 0 Å². The molecule has 0 amide bonds. The zero-order valence-corrected chi connectivity index (χ0v) is 5.22. The molecule has 0 saturated heterocycles. The van der Waals surface area contributed by atoms with Gasteiger partial charge >= 0.3 is 0 Å². The van der Waals surface area contributed by atoms with Crippen molar-refractivity contribution >= 4 is 42.5 Å². The summed E-state index contributed by atoms with van der Waals surface area (Å²) in [6.45, 7) is 0. The maximum Gasteiger partial charge on any atom is 0.285 e. The van der Waals surface area contributed by atoms with Crippen molar-refractivity contribution in [1.82, 2.24) is 0 Å². The Balaban J connectivity index is 3.22.